The summed E-state index contributed by atoms with van der Waals surface area (Å²) in [6.45, 7) is 8.06. The van der Waals surface area contributed by atoms with Crippen molar-refractivity contribution >= 4 is 22.9 Å². The number of pyridine rings is 1. The second-order valence-electron chi connectivity index (χ2n) is 6.09. The first-order valence-electron chi connectivity index (χ1n) is 8.00. The maximum Gasteiger partial charge on any atom is 0.232 e. The van der Waals surface area contributed by atoms with E-state index < -0.39 is 0 Å². The van der Waals surface area contributed by atoms with Crippen molar-refractivity contribution in [3.8, 4) is 5.88 Å². The van der Waals surface area contributed by atoms with Crippen molar-refractivity contribution in [1.29, 1.82) is 0 Å². The molecule has 2 aromatic heterocycles. The van der Waals surface area contributed by atoms with Crippen molar-refractivity contribution in [2.75, 3.05) is 19.7 Å². The number of hydrogen-bond acceptors (Lipinski definition) is 5. The van der Waals surface area contributed by atoms with Gasteiger partial charge in [-0.2, -0.15) is 0 Å². The Bertz CT molecular complexity index is 661. The van der Waals surface area contributed by atoms with Gasteiger partial charge in [-0.1, -0.05) is 11.6 Å². The van der Waals surface area contributed by atoms with Gasteiger partial charge in [0.2, 0.25) is 5.88 Å². The first-order chi connectivity index (χ1) is 11.1. The van der Waals surface area contributed by atoms with Gasteiger partial charge in [-0.3, -0.25) is 4.90 Å². The smallest absolute Gasteiger partial charge is 0.232 e. The summed E-state index contributed by atoms with van der Waals surface area (Å²) in [5.41, 5.74) is 1.17. The summed E-state index contributed by atoms with van der Waals surface area (Å²) in [6, 6.07) is 3.63. The zero-order valence-electron chi connectivity index (χ0n) is 13.6. The number of halogens is 1. The number of nitrogens with zero attached hydrogens (tertiary/aromatic N) is 3. The lowest BCUT2D eigenvalue weighted by molar-refractivity contribution is 0.123. The van der Waals surface area contributed by atoms with E-state index in [-0.39, 0.29) is 0 Å². The van der Waals surface area contributed by atoms with Gasteiger partial charge in [0.15, 0.2) is 0 Å². The van der Waals surface area contributed by atoms with Crippen LogP contribution in [0.4, 0.5) is 0 Å². The Hall–Kier alpha value is -1.17. The molecule has 1 aliphatic heterocycles. The fourth-order valence-corrected chi connectivity index (χ4v) is 4.18. The first-order valence-corrected chi connectivity index (χ1v) is 9.20. The fraction of sp³-hybridized carbons (Fsp3) is 0.529. The van der Waals surface area contributed by atoms with Gasteiger partial charge in [0.25, 0.3) is 0 Å². The summed E-state index contributed by atoms with van der Waals surface area (Å²) >= 11 is 7.90. The van der Waals surface area contributed by atoms with E-state index in [1.54, 1.807) is 6.20 Å². The number of piperidine rings is 1. The van der Waals surface area contributed by atoms with Crippen LogP contribution in [0, 0.1) is 19.8 Å². The number of aryl methyl sites for hydroxylation is 2. The lowest BCUT2D eigenvalue weighted by atomic mass is 9.99. The van der Waals surface area contributed by atoms with E-state index in [1.807, 2.05) is 23.5 Å². The number of hydrogen-bond donors (Lipinski definition) is 0. The molecule has 0 amide bonds. The summed E-state index contributed by atoms with van der Waals surface area (Å²) in [5, 5.41) is 1.73. The summed E-state index contributed by atoms with van der Waals surface area (Å²) in [7, 11) is 0. The SMILES string of the molecule is Cc1nc(C)c(CN2CCCC(COc3ncccc3Cl)C2)s1. The molecule has 2 aromatic rings. The first kappa shape index (κ1) is 16.7. The number of aromatic nitrogens is 2. The van der Waals surface area contributed by atoms with E-state index in [2.05, 4.69) is 28.7 Å². The molecule has 0 bridgehead atoms. The highest BCUT2D eigenvalue weighted by Gasteiger charge is 2.22. The molecular weight excluding hydrogens is 330 g/mol. The van der Waals surface area contributed by atoms with E-state index in [1.165, 1.54) is 23.4 Å². The molecule has 6 heteroatoms. The van der Waals surface area contributed by atoms with Crippen molar-refractivity contribution in [2.45, 2.75) is 33.2 Å². The van der Waals surface area contributed by atoms with Crippen molar-refractivity contribution < 1.29 is 4.74 Å². The largest absolute Gasteiger partial charge is 0.476 e. The number of rotatable bonds is 5. The van der Waals surface area contributed by atoms with Crippen LogP contribution in [-0.4, -0.2) is 34.6 Å². The minimum Gasteiger partial charge on any atom is -0.476 e. The maximum absolute atomic E-state index is 6.09. The molecule has 23 heavy (non-hydrogen) atoms. The van der Waals surface area contributed by atoms with Crippen LogP contribution in [0.2, 0.25) is 5.02 Å². The summed E-state index contributed by atoms with van der Waals surface area (Å²) in [5.74, 6) is 1.07. The van der Waals surface area contributed by atoms with E-state index in [4.69, 9.17) is 16.3 Å². The molecule has 0 spiro atoms. The highest BCUT2D eigenvalue weighted by molar-refractivity contribution is 7.11. The van der Waals surface area contributed by atoms with E-state index >= 15 is 0 Å². The number of likely N-dealkylation sites (tertiary alicyclic amines) is 1. The summed E-state index contributed by atoms with van der Waals surface area (Å²) in [4.78, 5) is 12.6. The quantitative estimate of drug-likeness (QED) is 0.812. The minimum atomic E-state index is 0.524. The predicted molar refractivity (Wildman–Crippen MR) is 94.3 cm³/mol. The van der Waals surface area contributed by atoms with Crippen LogP contribution in [0.15, 0.2) is 18.3 Å². The number of thiazole rings is 1. The van der Waals surface area contributed by atoms with Crippen LogP contribution in [0.25, 0.3) is 0 Å². The van der Waals surface area contributed by atoms with Gasteiger partial charge in [0, 0.05) is 30.1 Å². The Kier molecular flexibility index (Phi) is 5.51. The van der Waals surface area contributed by atoms with Crippen LogP contribution in [0.5, 0.6) is 5.88 Å². The molecule has 0 radical (unpaired) electrons. The van der Waals surface area contributed by atoms with Crippen molar-refractivity contribution in [3.63, 3.8) is 0 Å². The molecule has 3 rings (SSSR count). The average Bonchev–Trinajstić information content (AvgIpc) is 2.84. The zero-order valence-corrected chi connectivity index (χ0v) is 15.2. The van der Waals surface area contributed by atoms with Gasteiger partial charge >= 0.3 is 0 Å². The monoisotopic (exact) mass is 351 g/mol. The Balaban J connectivity index is 1.54. The lowest BCUT2D eigenvalue weighted by Crippen LogP contribution is -2.37. The Labute approximate surface area is 146 Å². The summed E-state index contributed by atoms with van der Waals surface area (Å²) < 4.78 is 5.82. The molecule has 1 fully saturated rings. The third kappa shape index (κ3) is 4.43. The van der Waals surface area contributed by atoms with E-state index in [9.17, 15) is 0 Å². The lowest BCUT2D eigenvalue weighted by Gasteiger charge is -2.32. The molecule has 0 saturated carbocycles. The molecule has 0 aliphatic carbocycles. The second-order valence-corrected chi connectivity index (χ2v) is 7.78. The highest BCUT2D eigenvalue weighted by Crippen LogP contribution is 2.25. The molecular formula is C17H22ClN3OS. The standard InChI is InChI=1S/C17H22ClN3OS/c1-12-16(23-13(2)20-12)10-21-8-4-5-14(9-21)11-22-17-15(18)6-3-7-19-17/h3,6-7,14H,4-5,8-11H2,1-2H3. The van der Waals surface area contributed by atoms with Crippen molar-refractivity contribution in [2.24, 2.45) is 5.92 Å². The molecule has 3 heterocycles. The van der Waals surface area contributed by atoms with Gasteiger partial charge < -0.3 is 4.74 Å². The van der Waals surface area contributed by atoms with Crippen LogP contribution in [-0.2, 0) is 6.54 Å². The molecule has 1 saturated heterocycles. The van der Waals surface area contributed by atoms with Crippen LogP contribution >= 0.6 is 22.9 Å². The van der Waals surface area contributed by atoms with Gasteiger partial charge in [-0.05, 0) is 45.4 Å². The highest BCUT2D eigenvalue weighted by atomic mass is 35.5. The predicted octanol–water partition coefficient (Wildman–Crippen LogP) is 4.10. The third-order valence-corrected chi connectivity index (χ3v) is 5.50. The second kappa shape index (κ2) is 7.60. The Morgan fingerprint density at radius 3 is 3.04 bits per heavy atom. The van der Waals surface area contributed by atoms with Gasteiger partial charge in [-0.25, -0.2) is 9.97 Å². The van der Waals surface area contributed by atoms with E-state index in [0.717, 1.165) is 24.6 Å². The van der Waals surface area contributed by atoms with Crippen molar-refractivity contribution in [3.05, 3.63) is 38.9 Å². The topological polar surface area (TPSA) is 38.2 Å². The molecule has 0 aromatic carbocycles. The molecule has 1 unspecified atom stereocenters. The van der Waals surface area contributed by atoms with Gasteiger partial charge in [0.05, 0.1) is 17.3 Å². The molecule has 124 valence electrons. The summed E-state index contributed by atoms with van der Waals surface area (Å²) in [6.07, 6.45) is 4.12. The van der Waals surface area contributed by atoms with Gasteiger partial charge in [-0.15, -0.1) is 11.3 Å². The van der Waals surface area contributed by atoms with Crippen LogP contribution in [0.1, 0.15) is 28.4 Å². The maximum atomic E-state index is 6.09. The normalized spacial score (nSPS) is 19.0. The molecule has 1 aliphatic rings. The van der Waals surface area contributed by atoms with Crippen LogP contribution in [0.3, 0.4) is 0 Å². The zero-order chi connectivity index (χ0) is 16.2. The van der Waals surface area contributed by atoms with E-state index in [0.29, 0.717) is 23.4 Å². The average molecular weight is 352 g/mol. The molecule has 1 atom stereocenters. The van der Waals surface area contributed by atoms with Crippen molar-refractivity contribution in [1.82, 2.24) is 14.9 Å². The third-order valence-electron chi connectivity index (χ3n) is 4.15. The minimum absolute atomic E-state index is 0.524. The van der Waals surface area contributed by atoms with Gasteiger partial charge in [0.1, 0.15) is 5.02 Å². The molecule has 0 N–H and O–H groups in total. The molecule has 4 nitrogen and oxygen atoms in total. The number of ether oxygens (including phenoxy) is 1. The Morgan fingerprint density at radius 1 is 1.43 bits per heavy atom. The fourth-order valence-electron chi connectivity index (χ4n) is 3.03. The Morgan fingerprint density at radius 2 is 2.30 bits per heavy atom. The van der Waals surface area contributed by atoms with Crippen LogP contribution < -0.4 is 4.74 Å².